The molecule has 0 bridgehead atoms. The molecule has 1 aromatic rings. The molecule has 1 atom stereocenters. The molecule has 0 radical (unpaired) electrons. The molecule has 19 heavy (non-hydrogen) atoms. The van der Waals surface area contributed by atoms with Crippen LogP contribution < -0.4 is 4.72 Å². The summed E-state index contributed by atoms with van der Waals surface area (Å²) in [6.45, 7) is 1.12. The smallest absolute Gasteiger partial charge is 0.279 e. The van der Waals surface area contributed by atoms with Crippen molar-refractivity contribution in [1.29, 1.82) is 0 Å². The van der Waals surface area contributed by atoms with Crippen LogP contribution in [0.4, 0.5) is 0 Å². The van der Waals surface area contributed by atoms with Crippen LogP contribution in [-0.4, -0.2) is 43.6 Å². The number of aliphatic hydroxyl groups is 1. The summed E-state index contributed by atoms with van der Waals surface area (Å²) >= 11 is 5.85. The third kappa shape index (κ3) is 4.15. The molecular weight excluding hydrogens is 288 g/mol. The van der Waals surface area contributed by atoms with E-state index in [4.69, 9.17) is 11.6 Å². The number of nitrogens with one attached hydrogen (secondary N) is 1. The Hall–Kier alpha value is -0.660. The summed E-state index contributed by atoms with van der Waals surface area (Å²) in [6.07, 6.45) is 0.490. The van der Waals surface area contributed by atoms with Crippen LogP contribution in [0.2, 0.25) is 5.02 Å². The number of halogens is 1. The molecule has 1 unspecified atom stereocenters. The largest absolute Gasteiger partial charge is 0.391 e. The molecule has 0 saturated carbocycles. The molecule has 1 heterocycles. The summed E-state index contributed by atoms with van der Waals surface area (Å²) in [7, 11) is -3.42. The van der Waals surface area contributed by atoms with E-state index in [9.17, 15) is 13.5 Å². The van der Waals surface area contributed by atoms with Crippen molar-refractivity contribution in [2.45, 2.75) is 18.9 Å². The highest BCUT2D eigenvalue weighted by Crippen LogP contribution is 2.13. The third-order valence-corrected chi connectivity index (χ3v) is 4.83. The lowest BCUT2D eigenvalue weighted by atomic mass is 10.1. The summed E-state index contributed by atoms with van der Waals surface area (Å²) < 4.78 is 27.2. The summed E-state index contributed by atoms with van der Waals surface area (Å²) in [5, 5.41) is 10.4. The number of hydrogen-bond donors (Lipinski definition) is 2. The second kappa shape index (κ2) is 6.19. The minimum absolute atomic E-state index is 0.00530. The van der Waals surface area contributed by atoms with Gasteiger partial charge in [0.25, 0.3) is 10.2 Å². The fourth-order valence-corrected chi connectivity index (χ4v) is 3.37. The number of aliphatic hydroxyl groups excluding tert-OH is 1. The topological polar surface area (TPSA) is 69.6 Å². The predicted molar refractivity (Wildman–Crippen MR) is 74.3 cm³/mol. The second-order valence-corrected chi connectivity index (χ2v) is 6.79. The van der Waals surface area contributed by atoms with Crippen LogP contribution in [0, 0.1) is 0 Å². The highest BCUT2D eigenvalue weighted by atomic mass is 35.5. The second-order valence-electron chi connectivity index (χ2n) is 4.59. The first-order valence-electron chi connectivity index (χ1n) is 6.14. The van der Waals surface area contributed by atoms with Crippen LogP contribution in [0.1, 0.15) is 12.0 Å². The van der Waals surface area contributed by atoms with Crippen molar-refractivity contribution in [2.24, 2.45) is 0 Å². The Morgan fingerprint density at radius 2 is 2.16 bits per heavy atom. The maximum absolute atomic E-state index is 11.7. The molecular formula is C12H17ClN2O3S. The standard InChI is InChI=1S/C12H17ClN2O3S/c13-11-4-1-3-10(7-11)8-12(16)9-14-19(17,18)15-5-2-6-15/h1,3-4,7,12,14,16H,2,5-6,8-9H2. The van der Waals surface area contributed by atoms with E-state index in [1.807, 2.05) is 6.07 Å². The molecule has 1 aromatic carbocycles. The summed E-state index contributed by atoms with van der Waals surface area (Å²) in [6, 6.07) is 7.16. The maximum Gasteiger partial charge on any atom is 0.279 e. The van der Waals surface area contributed by atoms with Gasteiger partial charge < -0.3 is 5.11 Å². The first kappa shape index (κ1) is 14.7. The molecule has 1 fully saturated rings. The van der Waals surface area contributed by atoms with E-state index in [0.717, 1.165) is 12.0 Å². The van der Waals surface area contributed by atoms with Gasteiger partial charge in [-0.15, -0.1) is 0 Å². The molecule has 5 nitrogen and oxygen atoms in total. The molecule has 0 aliphatic carbocycles. The van der Waals surface area contributed by atoms with Crippen LogP contribution >= 0.6 is 11.6 Å². The van der Waals surface area contributed by atoms with Gasteiger partial charge in [0, 0.05) is 24.7 Å². The van der Waals surface area contributed by atoms with Crippen LogP contribution in [0.15, 0.2) is 24.3 Å². The van der Waals surface area contributed by atoms with Crippen molar-refractivity contribution in [3.63, 3.8) is 0 Å². The van der Waals surface area contributed by atoms with Gasteiger partial charge in [-0.25, -0.2) is 0 Å². The van der Waals surface area contributed by atoms with E-state index in [1.165, 1.54) is 4.31 Å². The monoisotopic (exact) mass is 304 g/mol. The van der Waals surface area contributed by atoms with E-state index < -0.39 is 16.3 Å². The number of hydrogen-bond acceptors (Lipinski definition) is 3. The first-order chi connectivity index (χ1) is 8.97. The Morgan fingerprint density at radius 3 is 2.74 bits per heavy atom. The van der Waals surface area contributed by atoms with Crippen molar-refractivity contribution in [2.75, 3.05) is 19.6 Å². The van der Waals surface area contributed by atoms with Crippen LogP contribution in [0.25, 0.3) is 0 Å². The molecule has 7 heteroatoms. The Labute approximate surface area is 118 Å². The van der Waals surface area contributed by atoms with Crippen LogP contribution in [0.5, 0.6) is 0 Å². The molecule has 1 aliphatic heterocycles. The van der Waals surface area contributed by atoms with Gasteiger partial charge in [0.05, 0.1) is 6.10 Å². The van der Waals surface area contributed by atoms with E-state index in [2.05, 4.69) is 4.72 Å². The molecule has 0 aromatic heterocycles. The Kier molecular flexibility index (Phi) is 4.81. The van der Waals surface area contributed by atoms with Gasteiger partial charge in [-0.05, 0) is 30.5 Å². The van der Waals surface area contributed by atoms with Crippen molar-refractivity contribution in [3.05, 3.63) is 34.9 Å². The van der Waals surface area contributed by atoms with Crippen molar-refractivity contribution < 1.29 is 13.5 Å². The lowest BCUT2D eigenvalue weighted by Crippen LogP contribution is -2.49. The normalized spacial score (nSPS) is 18.0. The first-order valence-corrected chi connectivity index (χ1v) is 7.96. The predicted octanol–water partition coefficient (Wildman–Crippen LogP) is 0.783. The lowest BCUT2D eigenvalue weighted by Gasteiger charge is -2.30. The zero-order valence-corrected chi connectivity index (χ0v) is 12.0. The van der Waals surface area contributed by atoms with E-state index >= 15 is 0 Å². The van der Waals surface area contributed by atoms with Gasteiger partial charge in [-0.1, -0.05) is 23.7 Å². The molecule has 2 rings (SSSR count). The highest BCUT2D eigenvalue weighted by Gasteiger charge is 2.27. The SMILES string of the molecule is O=S(=O)(NCC(O)Cc1cccc(Cl)c1)N1CCC1. The summed E-state index contributed by atoms with van der Waals surface area (Å²) in [4.78, 5) is 0. The van der Waals surface area contributed by atoms with Crippen LogP contribution in [-0.2, 0) is 16.6 Å². The van der Waals surface area contributed by atoms with Gasteiger partial charge in [-0.3, -0.25) is 0 Å². The van der Waals surface area contributed by atoms with E-state index in [-0.39, 0.29) is 6.54 Å². The number of rotatable bonds is 6. The minimum Gasteiger partial charge on any atom is -0.391 e. The van der Waals surface area contributed by atoms with Gasteiger partial charge in [0.1, 0.15) is 0 Å². The zero-order valence-electron chi connectivity index (χ0n) is 10.4. The molecule has 2 N–H and O–H groups in total. The Morgan fingerprint density at radius 1 is 1.42 bits per heavy atom. The lowest BCUT2D eigenvalue weighted by molar-refractivity contribution is 0.177. The van der Waals surface area contributed by atoms with Gasteiger partial charge in [-0.2, -0.15) is 17.4 Å². The summed E-state index contributed by atoms with van der Waals surface area (Å²) in [5.74, 6) is 0. The average Bonchev–Trinajstić information content (AvgIpc) is 2.23. The molecule has 1 aliphatic rings. The molecule has 0 amide bonds. The van der Waals surface area contributed by atoms with Crippen molar-refractivity contribution in [3.8, 4) is 0 Å². The zero-order chi connectivity index (χ0) is 13.9. The average molecular weight is 305 g/mol. The molecule has 106 valence electrons. The third-order valence-electron chi connectivity index (χ3n) is 3.02. The van der Waals surface area contributed by atoms with Crippen LogP contribution in [0.3, 0.4) is 0 Å². The molecule has 1 saturated heterocycles. The fraction of sp³-hybridized carbons (Fsp3) is 0.500. The minimum atomic E-state index is -3.42. The van der Waals surface area contributed by atoms with E-state index in [0.29, 0.717) is 24.5 Å². The highest BCUT2D eigenvalue weighted by molar-refractivity contribution is 7.87. The molecule has 0 spiro atoms. The van der Waals surface area contributed by atoms with E-state index in [1.54, 1.807) is 18.2 Å². The Bertz CT molecular complexity index is 532. The Balaban J connectivity index is 1.83. The summed E-state index contributed by atoms with van der Waals surface area (Å²) in [5.41, 5.74) is 0.878. The van der Waals surface area contributed by atoms with Gasteiger partial charge in [0.15, 0.2) is 0 Å². The van der Waals surface area contributed by atoms with Gasteiger partial charge >= 0.3 is 0 Å². The fourth-order valence-electron chi connectivity index (χ4n) is 1.83. The van der Waals surface area contributed by atoms with Crippen molar-refractivity contribution >= 4 is 21.8 Å². The quantitative estimate of drug-likeness (QED) is 0.816. The number of benzene rings is 1. The van der Waals surface area contributed by atoms with Gasteiger partial charge in [0.2, 0.25) is 0 Å². The van der Waals surface area contributed by atoms with Crippen molar-refractivity contribution in [1.82, 2.24) is 9.03 Å². The number of nitrogens with zero attached hydrogens (tertiary/aromatic N) is 1. The maximum atomic E-state index is 11.7.